The highest BCUT2D eigenvalue weighted by Gasteiger charge is 2.23. The van der Waals surface area contributed by atoms with E-state index in [0.29, 0.717) is 12.1 Å². The molecule has 3 aromatic rings. The summed E-state index contributed by atoms with van der Waals surface area (Å²) in [7, 11) is 0. The van der Waals surface area contributed by atoms with Crippen LogP contribution in [0.15, 0.2) is 31.2 Å². The molecule has 4 rings (SSSR count). The van der Waals surface area contributed by atoms with Gasteiger partial charge in [-0.05, 0) is 19.8 Å². The summed E-state index contributed by atoms with van der Waals surface area (Å²) in [5.74, 6) is 0.952. The largest absolute Gasteiger partial charge is 0.355 e. The monoisotopic (exact) mass is 338 g/mol. The minimum atomic E-state index is 0.381. The van der Waals surface area contributed by atoms with Crippen molar-refractivity contribution in [2.45, 2.75) is 38.3 Å². The highest BCUT2D eigenvalue weighted by atomic mass is 15.2. The van der Waals surface area contributed by atoms with Crippen molar-refractivity contribution in [1.82, 2.24) is 35.2 Å². The maximum Gasteiger partial charge on any atom is 0.182 e. The van der Waals surface area contributed by atoms with Gasteiger partial charge in [0.05, 0.1) is 12.0 Å². The zero-order valence-electron chi connectivity index (χ0n) is 14.3. The van der Waals surface area contributed by atoms with Crippen molar-refractivity contribution in [2.24, 2.45) is 0 Å². The summed E-state index contributed by atoms with van der Waals surface area (Å²) >= 11 is 0. The third kappa shape index (κ3) is 3.58. The molecule has 2 N–H and O–H groups in total. The summed E-state index contributed by atoms with van der Waals surface area (Å²) in [6.45, 7) is 4.15. The highest BCUT2D eigenvalue weighted by Crippen LogP contribution is 2.23. The Morgan fingerprint density at radius 2 is 2.08 bits per heavy atom. The Labute approximate surface area is 146 Å². The van der Waals surface area contributed by atoms with Crippen LogP contribution in [0.25, 0.3) is 11.2 Å². The summed E-state index contributed by atoms with van der Waals surface area (Å²) in [6.07, 6.45) is 11.6. The van der Waals surface area contributed by atoms with Gasteiger partial charge >= 0.3 is 0 Å². The zero-order valence-corrected chi connectivity index (χ0v) is 14.3. The number of nitrogens with zero attached hydrogens (tertiary/aromatic N) is 6. The molecule has 8 nitrogen and oxygen atoms in total. The predicted octanol–water partition coefficient (Wildman–Crippen LogP) is 1.33. The fraction of sp³-hybridized carbons (Fsp3) is 0.471. The van der Waals surface area contributed by atoms with Crippen molar-refractivity contribution in [1.29, 1.82) is 0 Å². The van der Waals surface area contributed by atoms with Crippen LogP contribution in [0.1, 0.15) is 25.5 Å². The molecule has 0 unspecified atom stereocenters. The summed E-state index contributed by atoms with van der Waals surface area (Å²) in [6, 6.07) is 0.897. The molecule has 1 aliphatic heterocycles. The maximum absolute atomic E-state index is 4.45. The molecule has 0 amide bonds. The zero-order chi connectivity index (χ0) is 17.1. The second-order valence-corrected chi connectivity index (χ2v) is 6.53. The number of rotatable bonds is 5. The summed E-state index contributed by atoms with van der Waals surface area (Å²) in [4.78, 5) is 26.8. The van der Waals surface area contributed by atoms with E-state index in [4.69, 9.17) is 0 Å². The number of H-pyrrole nitrogens is 1. The minimum Gasteiger partial charge on any atom is -0.355 e. The first kappa shape index (κ1) is 15.9. The van der Waals surface area contributed by atoms with E-state index < -0.39 is 0 Å². The first-order chi connectivity index (χ1) is 12.3. The molecular formula is C17H22N8. The molecule has 0 spiro atoms. The molecule has 1 fully saturated rings. The number of nitrogens with one attached hydrogen (secondary N) is 2. The van der Waals surface area contributed by atoms with Crippen LogP contribution in [-0.2, 0) is 6.42 Å². The van der Waals surface area contributed by atoms with Crippen molar-refractivity contribution >= 4 is 17.0 Å². The fourth-order valence-corrected chi connectivity index (χ4v) is 3.46. The lowest BCUT2D eigenvalue weighted by Gasteiger charge is -2.34. The van der Waals surface area contributed by atoms with Crippen molar-refractivity contribution in [2.75, 3.05) is 18.0 Å². The Balaban J connectivity index is 1.33. The van der Waals surface area contributed by atoms with E-state index in [1.807, 2.05) is 6.20 Å². The van der Waals surface area contributed by atoms with E-state index in [1.54, 1.807) is 25.0 Å². The fourth-order valence-electron chi connectivity index (χ4n) is 3.46. The van der Waals surface area contributed by atoms with Gasteiger partial charge in [0.2, 0.25) is 0 Å². The Hall–Kier alpha value is -2.61. The average Bonchev–Trinajstić information content (AvgIpc) is 3.12. The number of aromatic amines is 1. The molecule has 8 heteroatoms. The third-order valence-corrected chi connectivity index (χ3v) is 4.65. The van der Waals surface area contributed by atoms with Crippen LogP contribution in [0.3, 0.4) is 0 Å². The smallest absolute Gasteiger partial charge is 0.182 e. The lowest BCUT2D eigenvalue weighted by atomic mass is 10.0. The topological polar surface area (TPSA) is 95.5 Å². The number of aromatic nitrogens is 6. The normalized spacial score (nSPS) is 17.1. The van der Waals surface area contributed by atoms with Crippen LogP contribution in [0.4, 0.5) is 5.82 Å². The van der Waals surface area contributed by atoms with Crippen LogP contribution in [0, 0.1) is 0 Å². The first-order valence-electron chi connectivity index (χ1n) is 8.69. The van der Waals surface area contributed by atoms with Gasteiger partial charge in [-0.3, -0.25) is 9.97 Å². The molecule has 1 atom stereocenters. The summed E-state index contributed by atoms with van der Waals surface area (Å²) < 4.78 is 0. The molecule has 1 aliphatic rings. The molecular weight excluding hydrogens is 316 g/mol. The second-order valence-electron chi connectivity index (χ2n) is 6.53. The SMILES string of the molecule is C[C@H](Cc1cnccn1)NC1CCN(c2ncnc3nc[nH]c23)CC1. The van der Waals surface area contributed by atoms with E-state index >= 15 is 0 Å². The molecule has 3 aromatic heterocycles. The predicted molar refractivity (Wildman–Crippen MR) is 95.3 cm³/mol. The van der Waals surface area contributed by atoms with Crippen LogP contribution < -0.4 is 10.2 Å². The number of piperidine rings is 1. The first-order valence-corrected chi connectivity index (χ1v) is 8.69. The van der Waals surface area contributed by atoms with E-state index in [1.165, 1.54) is 0 Å². The van der Waals surface area contributed by atoms with Crippen LogP contribution in [0.5, 0.6) is 0 Å². The van der Waals surface area contributed by atoms with Gasteiger partial charge in [-0.15, -0.1) is 0 Å². The van der Waals surface area contributed by atoms with E-state index in [9.17, 15) is 0 Å². The highest BCUT2D eigenvalue weighted by molar-refractivity contribution is 5.82. The van der Waals surface area contributed by atoms with Crippen molar-refractivity contribution in [3.05, 3.63) is 36.9 Å². The molecule has 0 bridgehead atoms. The van der Waals surface area contributed by atoms with Crippen molar-refractivity contribution in [3.8, 4) is 0 Å². The van der Waals surface area contributed by atoms with Gasteiger partial charge in [-0.1, -0.05) is 0 Å². The maximum atomic E-state index is 4.45. The lowest BCUT2D eigenvalue weighted by Crippen LogP contribution is -2.46. The van der Waals surface area contributed by atoms with E-state index in [-0.39, 0.29) is 0 Å². The molecule has 1 saturated heterocycles. The molecule has 4 heterocycles. The third-order valence-electron chi connectivity index (χ3n) is 4.65. The average molecular weight is 338 g/mol. The minimum absolute atomic E-state index is 0.381. The Morgan fingerprint density at radius 3 is 2.88 bits per heavy atom. The van der Waals surface area contributed by atoms with Crippen LogP contribution in [-0.4, -0.2) is 55.1 Å². The lowest BCUT2D eigenvalue weighted by molar-refractivity contribution is 0.373. The number of imidazole rings is 1. The molecule has 0 saturated carbocycles. The molecule has 0 aromatic carbocycles. The number of hydrogen-bond acceptors (Lipinski definition) is 7. The standard InChI is InChI=1S/C17H22N8/c1-12(8-14-9-18-4-5-19-14)24-13-2-6-25(7-3-13)17-15-16(21-10-20-15)22-11-23-17/h4-5,9-13,24H,2-3,6-8H2,1H3,(H,20,21,22,23)/t12-/m1/s1. The number of hydrogen-bond donors (Lipinski definition) is 2. The van der Waals surface area contributed by atoms with Gasteiger partial charge in [-0.2, -0.15) is 0 Å². The second kappa shape index (κ2) is 7.10. The number of anilines is 1. The molecule has 0 aliphatic carbocycles. The van der Waals surface area contributed by atoms with E-state index in [0.717, 1.165) is 55.0 Å². The van der Waals surface area contributed by atoms with Crippen molar-refractivity contribution < 1.29 is 0 Å². The molecule has 25 heavy (non-hydrogen) atoms. The summed E-state index contributed by atoms with van der Waals surface area (Å²) in [5, 5.41) is 3.72. The van der Waals surface area contributed by atoms with Crippen LogP contribution in [0.2, 0.25) is 0 Å². The Bertz CT molecular complexity index is 810. The van der Waals surface area contributed by atoms with Crippen molar-refractivity contribution in [3.63, 3.8) is 0 Å². The quantitative estimate of drug-likeness (QED) is 0.724. The van der Waals surface area contributed by atoms with Crippen LogP contribution >= 0.6 is 0 Å². The van der Waals surface area contributed by atoms with Gasteiger partial charge in [0.1, 0.15) is 11.8 Å². The van der Waals surface area contributed by atoms with Gasteiger partial charge < -0.3 is 15.2 Å². The Morgan fingerprint density at radius 1 is 1.20 bits per heavy atom. The molecule has 130 valence electrons. The van der Waals surface area contributed by atoms with Gasteiger partial charge in [0, 0.05) is 50.2 Å². The summed E-state index contributed by atoms with van der Waals surface area (Å²) in [5.41, 5.74) is 2.68. The molecule has 0 radical (unpaired) electrons. The van der Waals surface area contributed by atoms with Gasteiger partial charge in [-0.25, -0.2) is 15.0 Å². The van der Waals surface area contributed by atoms with E-state index in [2.05, 4.69) is 47.0 Å². The van der Waals surface area contributed by atoms with Gasteiger partial charge in [0.15, 0.2) is 11.5 Å². The van der Waals surface area contributed by atoms with Gasteiger partial charge in [0.25, 0.3) is 0 Å². The number of fused-ring (bicyclic) bond motifs is 1. The Kier molecular flexibility index (Phi) is 4.51.